The van der Waals surface area contributed by atoms with E-state index in [1.165, 1.54) is 18.4 Å². The van der Waals surface area contributed by atoms with E-state index >= 15 is 0 Å². The Labute approximate surface area is 90.5 Å². The lowest BCUT2D eigenvalue weighted by Gasteiger charge is -2.14. The number of benzene rings is 1. The van der Waals surface area contributed by atoms with Crippen LogP contribution in [0.25, 0.3) is 0 Å². The van der Waals surface area contributed by atoms with E-state index in [1.807, 2.05) is 0 Å². The van der Waals surface area contributed by atoms with Crippen LogP contribution in [-0.2, 0) is 21.4 Å². The maximum atomic E-state index is 11.9. The number of methoxy groups -OCH3 is 1. The normalized spacial score (nSPS) is 12.0. The van der Waals surface area contributed by atoms with E-state index in [1.54, 1.807) is 31.4 Å². The summed E-state index contributed by atoms with van der Waals surface area (Å²) in [7, 11) is 1.19. The fourth-order valence-corrected chi connectivity index (χ4v) is 2.33. The van der Waals surface area contributed by atoms with Gasteiger partial charge in [0.2, 0.25) is 10.0 Å². The summed E-state index contributed by atoms with van der Waals surface area (Å²) in [6, 6.07) is 6.84. The topological polar surface area (TPSA) is 46.6 Å². The van der Waals surface area contributed by atoms with E-state index in [-0.39, 0.29) is 0 Å². The molecule has 0 amide bonds. The van der Waals surface area contributed by atoms with Gasteiger partial charge in [0.15, 0.2) is 0 Å². The van der Waals surface area contributed by atoms with Gasteiger partial charge in [-0.25, -0.2) is 12.7 Å². The van der Waals surface area contributed by atoms with Crippen LogP contribution < -0.4 is 0 Å². The molecule has 0 heterocycles. The van der Waals surface area contributed by atoms with Crippen LogP contribution in [0.5, 0.6) is 0 Å². The molecule has 0 saturated carbocycles. The smallest absolute Gasteiger partial charge is 0.242 e. The molecule has 0 aromatic heterocycles. The molecular weight excluding hydrogens is 214 g/mol. The van der Waals surface area contributed by atoms with Crippen molar-refractivity contribution in [2.75, 3.05) is 21.2 Å². The van der Waals surface area contributed by atoms with Gasteiger partial charge in [-0.15, -0.1) is 0 Å². The van der Waals surface area contributed by atoms with Gasteiger partial charge < -0.3 is 4.74 Å². The molecule has 0 fully saturated rings. The summed E-state index contributed by atoms with van der Waals surface area (Å²) >= 11 is 0. The second kappa shape index (κ2) is 4.74. The molecule has 0 aliphatic rings. The molecule has 1 aromatic rings. The highest BCUT2D eigenvalue weighted by Gasteiger charge is 2.20. The van der Waals surface area contributed by atoms with Crippen LogP contribution in [0.15, 0.2) is 29.2 Å². The summed E-state index contributed by atoms with van der Waals surface area (Å²) in [6.07, 6.45) is 0. The van der Waals surface area contributed by atoms with Crippen molar-refractivity contribution in [3.05, 3.63) is 29.8 Å². The molecule has 0 unspecified atom stereocenters. The second-order valence-electron chi connectivity index (χ2n) is 3.33. The number of nitrogens with zero attached hydrogens (tertiary/aromatic N) is 1. The van der Waals surface area contributed by atoms with Crippen LogP contribution >= 0.6 is 0 Å². The van der Waals surface area contributed by atoms with Crippen molar-refractivity contribution in [3.8, 4) is 0 Å². The van der Waals surface area contributed by atoms with E-state index in [0.717, 1.165) is 0 Å². The first-order chi connectivity index (χ1) is 7.00. The maximum absolute atomic E-state index is 11.9. The van der Waals surface area contributed by atoms with Gasteiger partial charge in [0, 0.05) is 21.2 Å². The first-order valence-corrected chi connectivity index (χ1v) is 5.93. The predicted octanol–water partition coefficient (Wildman–Crippen LogP) is 1.08. The molecule has 15 heavy (non-hydrogen) atoms. The number of sulfonamides is 1. The molecule has 0 aliphatic heterocycles. The summed E-state index contributed by atoms with van der Waals surface area (Å²) in [5, 5.41) is 0. The molecule has 0 N–H and O–H groups in total. The molecular formula is C10H15NO3S. The van der Waals surface area contributed by atoms with Crippen LogP contribution in [0.4, 0.5) is 0 Å². The summed E-state index contributed by atoms with van der Waals surface area (Å²) < 4.78 is 30.0. The van der Waals surface area contributed by atoms with Crippen molar-refractivity contribution >= 4 is 10.0 Å². The van der Waals surface area contributed by atoms with E-state index in [0.29, 0.717) is 17.1 Å². The van der Waals surface area contributed by atoms with Crippen LogP contribution in [0.3, 0.4) is 0 Å². The van der Waals surface area contributed by atoms with Gasteiger partial charge in [-0.3, -0.25) is 0 Å². The van der Waals surface area contributed by atoms with Crippen molar-refractivity contribution < 1.29 is 13.2 Å². The van der Waals surface area contributed by atoms with Crippen LogP contribution in [0.1, 0.15) is 5.56 Å². The number of hydrogen-bond acceptors (Lipinski definition) is 3. The van der Waals surface area contributed by atoms with E-state index in [4.69, 9.17) is 4.74 Å². The third kappa shape index (κ3) is 2.56. The van der Waals surface area contributed by atoms with Crippen molar-refractivity contribution in [2.45, 2.75) is 11.5 Å². The minimum atomic E-state index is -3.38. The molecule has 1 aromatic carbocycles. The molecule has 4 nitrogen and oxygen atoms in total. The van der Waals surface area contributed by atoms with Crippen molar-refractivity contribution in [3.63, 3.8) is 0 Å². The van der Waals surface area contributed by atoms with Gasteiger partial charge in [-0.1, -0.05) is 18.2 Å². The average Bonchev–Trinajstić information content (AvgIpc) is 2.18. The molecule has 5 heteroatoms. The lowest BCUT2D eigenvalue weighted by atomic mass is 10.2. The maximum Gasteiger partial charge on any atom is 0.242 e. The van der Waals surface area contributed by atoms with E-state index in [9.17, 15) is 8.42 Å². The van der Waals surface area contributed by atoms with Gasteiger partial charge in [-0.05, 0) is 11.6 Å². The standard InChI is InChI=1S/C10H15NO3S/c1-11(2)15(12,13)10-7-5-4-6-9(10)8-14-3/h4-7H,8H2,1-3H3. The molecule has 0 aliphatic carbocycles. The fraction of sp³-hybridized carbons (Fsp3) is 0.400. The largest absolute Gasteiger partial charge is 0.380 e. The fourth-order valence-electron chi connectivity index (χ4n) is 1.23. The second-order valence-corrected chi connectivity index (χ2v) is 5.45. The molecule has 0 radical (unpaired) electrons. The molecule has 1 rings (SSSR count). The molecule has 0 bridgehead atoms. The van der Waals surface area contributed by atoms with Crippen molar-refractivity contribution in [1.82, 2.24) is 4.31 Å². The average molecular weight is 229 g/mol. The zero-order valence-corrected chi connectivity index (χ0v) is 9.91. The number of rotatable bonds is 4. The van der Waals surface area contributed by atoms with E-state index in [2.05, 4.69) is 0 Å². The summed E-state index contributed by atoms with van der Waals surface area (Å²) in [4.78, 5) is 0.303. The number of ether oxygens (including phenoxy) is 1. The van der Waals surface area contributed by atoms with Gasteiger partial charge in [0.1, 0.15) is 0 Å². The SMILES string of the molecule is COCc1ccccc1S(=O)(=O)N(C)C. The van der Waals surface area contributed by atoms with Gasteiger partial charge >= 0.3 is 0 Å². The summed E-state index contributed by atoms with van der Waals surface area (Å²) in [5.74, 6) is 0. The minimum Gasteiger partial charge on any atom is -0.380 e. The Hall–Kier alpha value is -0.910. The third-order valence-corrected chi connectivity index (χ3v) is 3.95. The quantitative estimate of drug-likeness (QED) is 0.776. The minimum absolute atomic E-state index is 0.295. The van der Waals surface area contributed by atoms with Crippen LogP contribution in [-0.4, -0.2) is 33.9 Å². The van der Waals surface area contributed by atoms with Gasteiger partial charge in [0.05, 0.1) is 11.5 Å². The van der Waals surface area contributed by atoms with Crippen molar-refractivity contribution in [1.29, 1.82) is 0 Å². The Morgan fingerprint density at radius 1 is 1.27 bits per heavy atom. The van der Waals surface area contributed by atoms with Gasteiger partial charge in [0.25, 0.3) is 0 Å². The predicted molar refractivity (Wildman–Crippen MR) is 58.0 cm³/mol. The Morgan fingerprint density at radius 2 is 1.87 bits per heavy atom. The van der Waals surface area contributed by atoms with Gasteiger partial charge in [-0.2, -0.15) is 0 Å². The Bertz CT molecular complexity index is 426. The molecule has 0 saturated heterocycles. The highest BCUT2D eigenvalue weighted by Crippen LogP contribution is 2.18. The monoisotopic (exact) mass is 229 g/mol. The number of hydrogen-bond donors (Lipinski definition) is 0. The Morgan fingerprint density at radius 3 is 2.40 bits per heavy atom. The lowest BCUT2D eigenvalue weighted by Crippen LogP contribution is -2.23. The zero-order chi connectivity index (χ0) is 11.5. The first kappa shape index (κ1) is 12.2. The van der Waals surface area contributed by atoms with Crippen LogP contribution in [0.2, 0.25) is 0 Å². The van der Waals surface area contributed by atoms with E-state index < -0.39 is 10.0 Å². The zero-order valence-electron chi connectivity index (χ0n) is 9.10. The highest BCUT2D eigenvalue weighted by molar-refractivity contribution is 7.89. The summed E-state index contributed by atoms with van der Waals surface area (Å²) in [6.45, 7) is 0.295. The lowest BCUT2D eigenvalue weighted by molar-refractivity contribution is 0.182. The summed E-state index contributed by atoms with van der Waals surface area (Å²) in [5.41, 5.74) is 0.675. The third-order valence-electron chi connectivity index (χ3n) is 2.03. The molecule has 84 valence electrons. The molecule has 0 atom stereocenters. The van der Waals surface area contributed by atoms with Crippen molar-refractivity contribution in [2.24, 2.45) is 0 Å². The molecule has 0 spiro atoms. The first-order valence-electron chi connectivity index (χ1n) is 4.49. The Kier molecular flexibility index (Phi) is 3.84. The van der Waals surface area contributed by atoms with Crippen LogP contribution in [0, 0.1) is 0 Å². The highest BCUT2D eigenvalue weighted by atomic mass is 32.2. The Balaban J connectivity index is 3.25.